The molecule has 1 amide bonds. The molecule has 0 bridgehead atoms. The van der Waals surface area contributed by atoms with E-state index in [1.807, 2.05) is 45.5 Å². The number of thioether (sulfide) groups is 1. The van der Waals surface area contributed by atoms with E-state index in [1.54, 1.807) is 0 Å². The van der Waals surface area contributed by atoms with Gasteiger partial charge in [-0.1, -0.05) is 18.2 Å². The molecule has 1 fully saturated rings. The van der Waals surface area contributed by atoms with Crippen molar-refractivity contribution in [1.82, 2.24) is 16.0 Å². The molecule has 0 spiro atoms. The Balaban J connectivity index is 0.00000338. The highest BCUT2D eigenvalue weighted by Gasteiger charge is 2.43. The maximum Gasteiger partial charge on any atom is 0.242 e. The van der Waals surface area contributed by atoms with E-state index in [4.69, 9.17) is 0 Å². The van der Waals surface area contributed by atoms with Gasteiger partial charge in [-0.2, -0.15) is 0 Å². The molecule has 0 unspecified atom stereocenters. The topological polar surface area (TPSA) is 65.5 Å². The maximum absolute atomic E-state index is 11.9. The van der Waals surface area contributed by atoms with Crippen LogP contribution in [0.25, 0.3) is 0 Å². The molecule has 0 atom stereocenters. The second-order valence-electron chi connectivity index (χ2n) is 7.45. The zero-order valence-corrected chi connectivity index (χ0v) is 19.2. The van der Waals surface area contributed by atoms with Crippen LogP contribution in [0.3, 0.4) is 0 Å². The minimum atomic E-state index is -0.233. The lowest BCUT2D eigenvalue weighted by Crippen LogP contribution is -2.44. The van der Waals surface area contributed by atoms with Gasteiger partial charge in [0.15, 0.2) is 5.96 Å². The van der Waals surface area contributed by atoms with Crippen LogP contribution in [0.2, 0.25) is 0 Å². The van der Waals surface area contributed by atoms with Crippen molar-refractivity contribution >= 4 is 47.6 Å². The number of amides is 1. The summed E-state index contributed by atoms with van der Waals surface area (Å²) in [5.41, 5.74) is -0.233. The Morgan fingerprint density at radius 2 is 1.85 bits per heavy atom. The van der Waals surface area contributed by atoms with Gasteiger partial charge >= 0.3 is 0 Å². The van der Waals surface area contributed by atoms with Gasteiger partial charge in [0.25, 0.3) is 0 Å². The van der Waals surface area contributed by atoms with Crippen molar-refractivity contribution in [2.24, 2.45) is 4.99 Å². The lowest BCUT2D eigenvalue weighted by molar-refractivity contribution is -0.121. The van der Waals surface area contributed by atoms with E-state index < -0.39 is 0 Å². The molecular weight excluding hydrogens is 459 g/mol. The van der Waals surface area contributed by atoms with E-state index in [2.05, 4.69) is 45.2 Å². The molecule has 1 saturated carbocycles. The van der Waals surface area contributed by atoms with Crippen LogP contribution in [-0.2, 0) is 4.79 Å². The Hall–Kier alpha value is -0.960. The number of hydrogen-bond donors (Lipinski definition) is 3. The smallest absolute Gasteiger partial charge is 0.242 e. The first-order chi connectivity index (χ1) is 11.8. The van der Waals surface area contributed by atoms with Gasteiger partial charge in [-0.15, -0.1) is 35.7 Å². The van der Waals surface area contributed by atoms with Crippen LogP contribution in [0.4, 0.5) is 0 Å². The SMILES string of the molecule is CCNC(=NCC(=O)NC(C)(C)C)NCC1(Sc2ccccc2)CC1.I. The molecule has 1 aliphatic carbocycles. The van der Waals surface area contributed by atoms with Gasteiger partial charge in [-0.25, -0.2) is 4.99 Å². The summed E-state index contributed by atoms with van der Waals surface area (Å²) in [7, 11) is 0. The highest BCUT2D eigenvalue weighted by molar-refractivity contribution is 14.0. The summed E-state index contributed by atoms with van der Waals surface area (Å²) in [6.07, 6.45) is 2.40. The molecular formula is C19H31IN4OS. The number of guanidine groups is 1. The van der Waals surface area contributed by atoms with Gasteiger partial charge in [0.05, 0.1) is 0 Å². The minimum Gasteiger partial charge on any atom is -0.357 e. The van der Waals surface area contributed by atoms with Crippen LogP contribution < -0.4 is 16.0 Å². The highest BCUT2D eigenvalue weighted by atomic mass is 127. The van der Waals surface area contributed by atoms with Crippen LogP contribution in [0.15, 0.2) is 40.2 Å². The fraction of sp³-hybridized carbons (Fsp3) is 0.579. The summed E-state index contributed by atoms with van der Waals surface area (Å²) in [5, 5.41) is 9.54. The van der Waals surface area contributed by atoms with Gasteiger partial charge in [0, 0.05) is 28.3 Å². The van der Waals surface area contributed by atoms with Gasteiger partial charge in [-0.05, 0) is 52.7 Å². The summed E-state index contributed by atoms with van der Waals surface area (Å²) in [5.74, 6) is 0.635. The summed E-state index contributed by atoms with van der Waals surface area (Å²) in [4.78, 5) is 17.7. The lowest BCUT2D eigenvalue weighted by atomic mass is 10.1. The van der Waals surface area contributed by atoms with E-state index in [1.165, 1.54) is 17.7 Å². The van der Waals surface area contributed by atoms with Gasteiger partial charge in [-0.3, -0.25) is 4.79 Å². The van der Waals surface area contributed by atoms with Gasteiger partial charge in [0.2, 0.25) is 5.91 Å². The molecule has 0 saturated heterocycles. The Kier molecular flexibility index (Phi) is 9.23. The first-order valence-electron chi connectivity index (χ1n) is 8.89. The third kappa shape index (κ3) is 8.62. The maximum atomic E-state index is 11.9. The molecule has 3 N–H and O–H groups in total. The molecule has 2 rings (SSSR count). The Labute approximate surface area is 178 Å². The first-order valence-corrected chi connectivity index (χ1v) is 9.71. The van der Waals surface area contributed by atoms with Crippen molar-refractivity contribution in [2.45, 2.75) is 55.7 Å². The molecule has 146 valence electrons. The van der Waals surface area contributed by atoms with E-state index in [0.717, 1.165) is 13.1 Å². The predicted molar refractivity (Wildman–Crippen MR) is 122 cm³/mol. The fourth-order valence-electron chi connectivity index (χ4n) is 2.39. The number of carbonyl (C=O) groups excluding carboxylic acids is 1. The van der Waals surface area contributed by atoms with Crippen molar-refractivity contribution in [3.05, 3.63) is 30.3 Å². The van der Waals surface area contributed by atoms with Gasteiger partial charge < -0.3 is 16.0 Å². The first kappa shape index (κ1) is 23.1. The molecule has 26 heavy (non-hydrogen) atoms. The molecule has 5 nitrogen and oxygen atoms in total. The van der Waals surface area contributed by atoms with Crippen molar-refractivity contribution in [2.75, 3.05) is 19.6 Å². The summed E-state index contributed by atoms with van der Waals surface area (Å²) in [6.45, 7) is 9.68. The number of benzene rings is 1. The Bertz CT molecular complexity index is 597. The highest BCUT2D eigenvalue weighted by Crippen LogP contribution is 2.51. The molecule has 0 aromatic heterocycles. The molecule has 0 radical (unpaired) electrons. The van der Waals surface area contributed by atoms with Crippen molar-refractivity contribution in [3.63, 3.8) is 0 Å². The average Bonchev–Trinajstić information content (AvgIpc) is 3.29. The van der Waals surface area contributed by atoms with E-state index >= 15 is 0 Å². The predicted octanol–water partition coefficient (Wildman–Crippen LogP) is 3.40. The third-order valence-corrected chi connectivity index (χ3v) is 5.20. The summed E-state index contributed by atoms with van der Waals surface area (Å²) in [6, 6.07) is 10.5. The Morgan fingerprint density at radius 3 is 2.38 bits per heavy atom. The number of nitrogens with one attached hydrogen (secondary N) is 3. The summed E-state index contributed by atoms with van der Waals surface area (Å²) < 4.78 is 0.241. The van der Waals surface area contributed by atoms with Crippen LogP contribution >= 0.6 is 35.7 Å². The molecule has 1 aromatic rings. The molecule has 1 aliphatic rings. The standard InChI is InChI=1S/C19H30N4OS.HI/c1-5-20-17(21-13-16(24)23-18(2,3)4)22-14-19(11-12-19)25-15-9-7-6-8-10-15;/h6-10H,5,11-14H2,1-4H3,(H,23,24)(H2,20,21,22);1H. The van der Waals surface area contributed by atoms with E-state index in [-0.39, 0.29) is 46.7 Å². The number of rotatable bonds is 7. The van der Waals surface area contributed by atoms with E-state index in [9.17, 15) is 4.79 Å². The second-order valence-corrected chi connectivity index (χ2v) is 8.99. The van der Waals surface area contributed by atoms with Crippen LogP contribution in [0, 0.1) is 0 Å². The van der Waals surface area contributed by atoms with Crippen molar-refractivity contribution in [3.8, 4) is 0 Å². The average molecular weight is 490 g/mol. The minimum absolute atomic E-state index is 0. The third-order valence-electron chi connectivity index (χ3n) is 3.70. The van der Waals surface area contributed by atoms with Crippen molar-refractivity contribution < 1.29 is 4.79 Å². The number of aliphatic imine (C=N–C) groups is 1. The molecule has 1 aromatic carbocycles. The zero-order chi connectivity index (χ0) is 18.3. The van der Waals surface area contributed by atoms with Crippen molar-refractivity contribution in [1.29, 1.82) is 0 Å². The van der Waals surface area contributed by atoms with E-state index in [0.29, 0.717) is 5.96 Å². The zero-order valence-electron chi connectivity index (χ0n) is 16.1. The number of carbonyl (C=O) groups is 1. The monoisotopic (exact) mass is 490 g/mol. The quantitative estimate of drug-likeness (QED) is 0.312. The molecule has 0 heterocycles. The largest absolute Gasteiger partial charge is 0.357 e. The Morgan fingerprint density at radius 1 is 1.19 bits per heavy atom. The summed E-state index contributed by atoms with van der Waals surface area (Å²) >= 11 is 1.92. The van der Waals surface area contributed by atoms with Gasteiger partial charge in [0.1, 0.15) is 6.54 Å². The van der Waals surface area contributed by atoms with Crippen LogP contribution in [-0.4, -0.2) is 41.8 Å². The second kappa shape index (κ2) is 10.4. The normalized spacial score (nSPS) is 15.6. The fourth-order valence-corrected chi connectivity index (χ4v) is 3.63. The van der Waals surface area contributed by atoms with Crippen LogP contribution in [0.1, 0.15) is 40.5 Å². The van der Waals surface area contributed by atoms with Crippen LogP contribution in [0.5, 0.6) is 0 Å². The number of nitrogens with zero attached hydrogens (tertiary/aromatic N) is 1. The molecule has 7 heteroatoms. The number of hydrogen-bond acceptors (Lipinski definition) is 3. The molecule has 0 aliphatic heterocycles. The number of halogens is 1. The lowest BCUT2D eigenvalue weighted by Gasteiger charge is -2.20.